The number of rotatable bonds is 3. The van der Waals surface area contributed by atoms with Crippen molar-refractivity contribution in [2.75, 3.05) is 0 Å². The summed E-state index contributed by atoms with van der Waals surface area (Å²) < 4.78 is 0. The van der Waals surface area contributed by atoms with Crippen LogP contribution in [0.2, 0.25) is 0 Å². The largest absolute Gasteiger partial charge is 0.0988 e. The second-order valence-electron chi connectivity index (χ2n) is 12.2. The zero-order chi connectivity index (χ0) is 27.9. The van der Waals surface area contributed by atoms with E-state index in [-0.39, 0.29) is 0 Å². The van der Waals surface area contributed by atoms with Crippen molar-refractivity contribution in [3.8, 4) is 22.3 Å². The molecule has 42 heavy (non-hydrogen) atoms. The topological polar surface area (TPSA) is 0 Å². The summed E-state index contributed by atoms with van der Waals surface area (Å²) in [5.74, 6) is 0. The van der Waals surface area contributed by atoms with Crippen LogP contribution in [0.1, 0.15) is 46.7 Å². The minimum Gasteiger partial charge on any atom is -0.0988 e. The van der Waals surface area contributed by atoms with Gasteiger partial charge in [0, 0.05) is 0 Å². The van der Waals surface area contributed by atoms with Crippen LogP contribution < -0.4 is 0 Å². The van der Waals surface area contributed by atoms with Gasteiger partial charge < -0.3 is 0 Å². The normalized spacial score (nSPS) is 15.5. The maximum atomic E-state index is 4.20. The Labute approximate surface area is 247 Å². The summed E-state index contributed by atoms with van der Waals surface area (Å²) in [5.41, 5.74) is 17.2. The summed E-state index contributed by atoms with van der Waals surface area (Å²) in [5, 5.41) is 8.25. The van der Waals surface area contributed by atoms with Crippen LogP contribution in [0.5, 0.6) is 0 Å². The lowest BCUT2D eigenvalue weighted by Crippen LogP contribution is -2.11. The maximum Gasteiger partial charge on any atom is -0.000727 e. The quantitative estimate of drug-likeness (QED) is 0.197. The third kappa shape index (κ3) is 3.13. The molecule has 9 rings (SSSR count). The maximum absolute atomic E-state index is 4.20. The van der Waals surface area contributed by atoms with Gasteiger partial charge >= 0.3 is 0 Å². The van der Waals surface area contributed by atoms with Crippen molar-refractivity contribution in [3.63, 3.8) is 0 Å². The van der Waals surface area contributed by atoms with Gasteiger partial charge in [-0.25, -0.2) is 0 Å². The highest BCUT2D eigenvalue weighted by Crippen LogP contribution is 2.50. The fourth-order valence-electron chi connectivity index (χ4n) is 8.42. The smallest absolute Gasteiger partial charge is 0.000727 e. The third-order valence-electron chi connectivity index (χ3n) is 10.1. The van der Waals surface area contributed by atoms with Crippen molar-refractivity contribution >= 4 is 44.0 Å². The van der Waals surface area contributed by atoms with Crippen LogP contribution in [0.3, 0.4) is 0 Å². The Morgan fingerprint density at radius 3 is 2.45 bits per heavy atom. The predicted octanol–water partition coefficient (Wildman–Crippen LogP) is 11.0. The van der Waals surface area contributed by atoms with Gasteiger partial charge in [-0.3, -0.25) is 0 Å². The van der Waals surface area contributed by atoms with E-state index in [1.807, 2.05) is 0 Å². The third-order valence-corrected chi connectivity index (χ3v) is 10.1. The van der Waals surface area contributed by atoms with E-state index in [0.717, 1.165) is 32.1 Å². The second kappa shape index (κ2) is 8.91. The molecule has 0 unspecified atom stereocenters. The molecular weight excluding hydrogens is 504 g/mol. The van der Waals surface area contributed by atoms with E-state index in [2.05, 4.69) is 117 Å². The lowest BCUT2D eigenvalue weighted by atomic mass is 9.76. The van der Waals surface area contributed by atoms with Crippen molar-refractivity contribution in [3.05, 3.63) is 143 Å². The average molecular weight is 537 g/mol. The molecule has 0 amide bonds. The van der Waals surface area contributed by atoms with Crippen LogP contribution >= 0.6 is 0 Å². The number of aryl methyl sites for hydroxylation is 1. The molecule has 0 radical (unpaired) electrons. The highest BCUT2D eigenvalue weighted by atomic mass is 14.3. The molecule has 0 fully saturated rings. The Kier molecular flexibility index (Phi) is 5.08. The molecule has 0 heteroatoms. The summed E-state index contributed by atoms with van der Waals surface area (Å²) in [7, 11) is 0. The molecule has 6 aromatic carbocycles. The number of hydrogen-bond donors (Lipinski definition) is 0. The van der Waals surface area contributed by atoms with Crippen molar-refractivity contribution in [1.29, 1.82) is 0 Å². The molecule has 0 heterocycles. The number of fused-ring (bicyclic) bond motifs is 8. The highest BCUT2D eigenvalue weighted by Gasteiger charge is 2.28. The fourth-order valence-corrected chi connectivity index (χ4v) is 8.42. The van der Waals surface area contributed by atoms with Gasteiger partial charge in [-0.15, -0.1) is 0 Å². The minimum absolute atomic E-state index is 0.936. The SMILES string of the molecule is C=CC1=C(/C=C\C)c2c(c3cccc4c(-c5cc6c(c7c5C=CCC7)CCc5ccccc5-6)cc5cccc2c5c43)C1. The Morgan fingerprint density at radius 2 is 1.55 bits per heavy atom. The Hall–Kier alpha value is -4.68. The number of hydrogen-bond acceptors (Lipinski definition) is 0. The van der Waals surface area contributed by atoms with E-state index in [1.165, 1.54) is 88.0 Å². The zero-order valence-corrected chi connectivity index (χ0v) is 24.1. The Morgan fingerprint density at radius 1 is 0.690 bits per heavy atom. The lowest BCUT2D eigenvalue weighted by Gasteiger charge is -2.28. The number of benzene rings is 6. The first-order chi connectivity index (χ1) is 20.8. The molecule has 0 spiro atoms. The van der Waals surface area contributed by atoms with Gasteiger partial charge in [-0.05, 0) is 150 Å². The standard InChI is InChI=1S/C42H32/c1-3-11-29-25(4-2)22-39-34-18-10-17-33-36(23-27-13-9-19-35(41(29)39)40(27)42(33)34)38-24-37-28-14-6-5-12-26(28)20-21-32(37)30-15-7-8-16-31(30)38/h3-6,8-14,16-19,23-24H,2,7,15,20-22H2,1H3/b11-3-. The molecule has 0 aromatic heterocycles. The van der Waals surface area contributed by atoms with Gasteiger partial charge in [0.1, 0.15) is 0 Å². The van der Waals surface area contributed by atoms with E-state index in [4.69, 9.17) is 0 Å². The highest BCUT2D eigenvalue weighted by molar-refractivity contribution is 6.30. The molecule has 0 atom stereocenters. The van der Waals surface area contributed by atoms with Crippen molar-refractivity contribution in [1.82, 2.24) is 0 Å². The van der Waals surface area contributed by atoms with E-state index >= 15 is 0 Å². The van der Waals surface area contributed by atoms with Crippen LogP contribution in [0.15, 0.2) is 109 Å². The molecule has 0 aliphatic heterocycles. The first kappa shape index (κ1) is 24.0. The molecule has 200 valence electrons. The van der Waals surface area contributed by atoms with Gasteiger partial charge in [0.05, 0.1) is 0 Å². The van der Waals surface area contributed by atoms with Gasteiger partial charge in [-0.2, -0.15) is 0 Å². The fraction of sp³-hybridized carbons (Fsp3) is 0.143. The van der Waals surface area contributed by atoms with Crippen LogP contribution in [-0.4, -0.2) is 0 Å². The summed E-state index contributed by atoms with van der Waals surface area (Å²) in [4.78, 5) is 0. The van der Waals surface area contributed by atoms with Crippen LogP contribution in [0, 0.1) is 0 Å². The lowest BCUT2D eigenvalue weighted by molar-refractivity contribution is 0.888. The molecule has 0 saturated carbocycles. The minimum atomic E-state index is 0.936. The first-order valence-electron chi connectivity index (χ1n) is 15.4. The summed E-state index contributed by atoms with van der Waals surface area (Å²) >= 11 is 0. The molecule has 0 bridgehead atoms. The predicted molar refractivity (Wildman–Crippen MR) is 181 cm³/mol. The van der Waals surface area contributed by atoms with E-state index in [1.54, 1.807) is 11.1 Å². The molecule has 0 nitrogen and oxygen atoms in total. The molecular formula is C42H32. The molecule has 6 aromatic rings. The summed E-state index contributed by atoms with van der Waals surface area (Å²) in [6.45, 7) is 6.31. The van der Waals surface area contributed by atoms with Gasteiger partial charge in [0.2, 0.25) is 0 Å². The Bertz CT molecular complexity index is 2230. The van der Waals surface area contributed by atoms with Crippen molar-refractivity contribution < 1.29 is 0 Å². The molecule has 3 aliphatic carbocycles. The van der Waals surface area contributed by atoms with Crippen molar-refractivity contribution in [2.45, 2.75) is 39.0 Å². The molecule has 0 saturated heterocycles. The van der Waals surface area contributed by atoms with Crippen molar-refractivity contribution in [2.24, 2.45) is 0 Å². The van der Waals surface area contributed by atoms with Gasteiger partial charge in [-0.1, -0.05) is 97.6 Å². The van der Waals surface area contributed by atoms with Crippen LogP contribution in [0.4, 0.5) is 0 Å². The monoisotopic (exact) mass is 536 g/mol. The zero-order valence-electron chi connectivity index (χ0n) is 24.1. The van der Waals surface area contributed by atoms with Crippen LogP contribution in [0.25, 0.3) is 66.2 Å². The second-order valence-corrected chi connectivity index (χ2v) is 12.2. The molecule has 0 N–H and O–H groups in total. The molecule has 3 aliphatic rings. The van der Waals surface area contributed by atoms with E-state index in [0.29, 0.717) is 0 Å². The Balaban J connectivity index is 1.41. The van der Waals surface area contributed by atoms with E-state index < -0.39 is 0 Å². The first-order valence-corrected chi connectivity index (χ1v) is 15.4. The summed E-state index contributed by atoms with van der Waals surface area (Å²) in [6, 6.07) is 28.0. The van der Waals surface area contributed by atoms with E-state index in [9.17, 15) is 0 Å². The summed E-state index contributed by atoms with van der Waals surface area (Å²) in [6.07, 6.45) is 16.8. The van der Waals surface area contributed by atoms with Gasteiger partial charge in [0.25, 0.3) is 0 Å². The average Bonchev–Trinajstić information content (AvgIpc) is 3.42. The van der Waals surface area contributed by atoms with Crippen LogP contribution in [-0.2, 0) is 25.7 Å². The van der Waals surface area contributed by atoms with Gasteiger partial charge in [0.15, 0.2) is 0 Å². The number of allylic oxidation sites excluding steroid dienone is 6.